The van der Waals surface area contributed by atoms with Crippen LogP contribution in [-0.2, 0) is 4.79 Å². The summed E-state index contributed by atoms with van der Waals surface area (Å²) in [4.78, 5) is 24.8. The van der Waals surface area contributed by atoms with Crippen LogP contribution in [0.1, 0.15) is 25.7 Å². The molecule has 1 saturated carbocycles. The highest BCUT2D eigenvalue weighted by Gasteiger charge is 2.32. The molecule has 114 valence electrons. The van der Waals surface area contributed by atoms with E-state index in [0.29, 0.717) is 18.5 Å². The van der Waals surface area contributed by atoms with Gasteiger partial charge in [0, 0.05) is 18.8 Å². The monoisotopic (exact) mass is 294 g/mol. The average molecular weight is 294 g/mol. The van der Waals surface area contributed by atoms with Gasteiger partial charge in [0.25, 0.3) is 0 Å². The van der Waals surface area contributed by atoms with Gasteiger partial charge in [-0.1, -0.05) is 12.8 Å². The fourth-order valence-corrected chi connectivity index (χ4v) is 2.64. The molecule has 1 aromatic carbocycles. The molecule has 2 atom stereocenters. The highest BCUT2D eigenvalue weighted by Crippen LogP contribution is 2.25. The number of amides is 2. The van der Waals surface area contributed by atoms with Crippen LogP contribution in [-0.4, -0.2) is 30.2 Å². The first-order chi connectivity index (χ1) is 9.99. The lowest BCUT2D eigenvalue weighted by Crippen LogP contribution is -2.49. The predicted molar refractivity (Wildman–Crippen MR) is 76.7 cm³/mol. The van der Waals surface area contributed by atoms with Crippen LogP contribution in [0.25, 0.3) is 0 Å². The Labute approximate surface area is 122 Å². The number of carboxylic acid groups (broad SMARTS) is 1. The molecule has 2 N–H and O–H groups in total. The standard InChI is InChI=1S/C15H19FN2O3/c1-18(11-8-6-10(16)7-9-11)15(21)17-13-5-3-2-4-12(13)14(19)20/h6-9,12-13H,2-5H2,1H3,(H,17,21)(H,19,20). The Bertz CT molecular complexity index is 518. The topological polar surface area (TPSA) is 69.6 Å². The highest BCUT2D eigenvalue weighted by atomic mass is 19.1. The number of rotatable bonds is 3. The number of aliphatic carboxylic acids is 1. The zero-order valence-electron chi connectivity index (χ0n) is 11.9. The number of hydrogen-bond acceptors (Lipinski definition) is 2. The van der Waals surface area contributed by atoms with Gasteiger partial charge in [-0.2, -0.15) is 0 Å². The van der Waals surface area contributed by atoms with Crippen molar-refractivity contribution in [1.82, 2.24) is 5.32 Å². The van der Waals surface area contributed by atoms with E-state index in [1.807, 2.05) is 0 Å². The lowest BCUT2D eigenvalue weighted by Gasteiger charge is -2.31. The van der Waals surface area contributed by atoms with Gasteiger partial charge in [-0.3, -0.25) is 9.69 Å². The SMILES string of the molecule is CN(C(=O)NC1CCCCC1C(=O)O)c1ccc(F)cc1. The van der Waals surface area contributed by atoms with Crippen molar-refractivity contribution in [1.29, 1.82) is 0 Å². The maximum Gasteiger partial charge on any atom is 0.321 e. The van der Waals surface area contributed by atoms with Gasteiger partial charge in [0.15, 0.2) is 0 Å². The maximum atomic E-state index is 12.9. The van der Waals surface area contributed by atoms with E-state index in [0.717, 1.165) is 12.8 Å². The third-order valence-corrected chi connectivity index (χ3v) is 3.91. The molecule has 5 nitrogen and oxygen atoms in total. The Morgan fingerprint density at radius 1 is 1.24 bits per heavy atom. The molecule has 21 heavy (non-hydrogen) atoms. The smallest absolute Gasteiger partial charge is 0.321 e. The summed E-state index contributed by atoms with van der Waals surface area (Å²) in [6.45, 7) is 0. The van der Waals surface area contributed by atoms with E-state index in [1.54, 1.807) is 7.05 Å². The molecular weight excluding hydrogens is 275 g/mol. The van der Waals surface area contributed by atoms with E-state index in [-0.39, 0.29) is 17.9 Å². The van der Waals surface area contributed by atoms with Gasteiger partial charge in [-0.05, 0) is 37.1 Å². The summed E-state index contributed by atoms with van der Waals surface area (Å²) in [5.74, 6) is -1.78. The molecule has 0 aromatic heterocycles. The summed E-state index contributed by atoms with van der Waals surface area (Å²) in [7, 11) is 1.57. The van der Waals surface area contributed by atoms with Gasteiger partial charge in [0.05, 0.1) is 5.92 Å². The average Bonchev–Trinajstić information content (AvgIpc) is 2.47. The van der Waals surface area contributed by atoms with Crippen LogP contribution >= 0.6 is 0 Å². The number of urea groups is 1. The van der Waals surface area contributed by atoms with E-state index in [4.69, 9.17) is 0 Å². The maximum absolute atomic E-state index is 12.9. The van der Waals surface area contributed by atoms with E-state index in [2.05, 4.69) is 5.32 Å². The number of anilines is 1. The molecule has 0 saturated heterocycles. The molecule has 0 radical (unpaired) electrons. The molecule has 2 amide bonds. The second-order valence-electron chi connectivity index (χ2n) is 5.32. The molecule has 0 spiro atoms. The van der Waals surface area contributed by atoms with Crippen LogP contribution in [0.4, 0.5) is 14.9 Å². The zero-order valence-corrected chi connectivity index (χ0v) is 11.9. The second kappa shape index (κ2) is 6.56. The van der Waals surface area contributed by atoms with Crippen molar-refractivity contribution in [2.75, 3.05) is 11.9 Å². The Morgan fingerprint density at radius 3 is 2.48 bits per heavy atom. The van der Waals surface area contributed by atoms with Gasteiger partial charge in [-0.25, -0.2) is 9.18 Å². The molecule has 1 aliphatic carbocycles. The van der Waals surface area contributed by atoms with Gasteiger partial charge in [-0.15, -0.1) is 0 Å². The molecule has 1 aliphatic rings. The van der Waals surface area contributed by atoms with Gasteiger partial charge < -0.3 is 10.4 Å². The van der Waals surface area contributed by atoms with Crippen LogP contribution < -0.4 is 10.2 Å². The molecule has 1 fully saturated rings. The Morgan fingerprint density at radius 2 is 1.86 bits per heavy atom. The number of nitrogens with zero attached hydrogens (tertiary/aromatic N) is 1. The molecule has 0 heterocycles. The van der Waals surface area contributed by atoms with E-state index >= 15 is 0 Å². The van der Waals surface area contributed by atoms with Crippen molar-refractivity contribution >= 4 is 17.7 Å². The summed E-state index contributed by atoms with van der Waals surface area (Å²) in [6.07, 6.45) is 3.03. The first-order valence-electron chi connectivity index (χ1n) is 7.01. The third-order valence-electron chi connectivity index (χ3n) is 3.91. The molecular formula is C15H19FN2O3. The summed E-state index contributed by atoms with van der Waals surface area (Å²) >= 11 is 0. The fourth-order valence-electron chi connectivity index (χ4n) is 2.64. The van der Waals surface area contributed by atoms with Crippen molar-refractivity contribution < 1.29 is 19.1 Å². The fraction of sp³-hybridized carbons (Fsp3) is 0.467. The number of hydrogen-bond donors (Lipinski definition) is 2. The van der Waals surface area contributed by atoms with Crippen molar-refractivity contribution in [3.8, 4) is 0 Å². The molecule has 0 bridgehead atoms. The number of nitrogens with one attached hydrogen (secondary N) is 1. The largest absolute Gasteiger partial charge is 0.481 e. The van der Waals surface area contributed by atoms with Crippen LogP contribution in [0, 0.1) is 11.7 Å². The minimum absolute atomic E-state index is 0.355. The zero-order chi connectivity index (χ0) is 15.4. The number of benzene rings is 1. The first kappa shape index (κ1) is 15.3. The first-order valence-corrected chi connectivity index (χ1v) is 7.01. The lowest BCUT2D eigenvalue weighted by atomic mass is 9.84. The summed E-state index contributed by atoms with van der Waals surface area (Å²) in [5, 5.41) is 12.0. The third kappa shape index (κ3) is 3.71. The van der Waals surface area contributed by atoms with Crippen LogP contribution in [0.5, 0.6) is 0 Å². The van der Waals surface area contributed by atoms with Gasteiger partial charge in [0.2, 0.25) is 0 Å². The number of carboxylic acids is 1. The van der Waals surface area contributed by atoms with Crippen LogP contribution in [0.3, 0.4) is 0 Å². The van der Waals surface area contributed by atoms with E-state index in [1.165, 1.54) is 29.2 Å². The Kier molecular flexibility index (Phi) is 4.77. The van der Waals surface area contributed by atoms with E-state index < -0.39 is 11.9 Å². The normalized spacial score (nSPS) is 21.6. The van der Waals surface area contributed by atoms with Crippen molar-refractivity contribution in [3.63, 3.8) is 0 Å². The minimum Gasteiger partial charge on any atom is -0.481 e. The van der Waals surface area contributed by atoms with Crippen molar-refractivity contribution in [2.24, 2.45) is 5.92 Å². The summed E-state index contributed by atoms with van der Waals surface area (Å²) in [6, 6.07) is 4.83. The van der Waals surface area contributed by atoms with Crippen LogP contribution in [0.2, 0.25) is 0 Å². The quantitative estimate of drug-likeness (QED) is 0.900. The van der Waals surface area contributed by atoms with Crippen molar-refractivity contribution in [3.05, 3.63) is 30.1 Å². The van der Waals surface area contributed by atoms with E-state index in [9.17, 15) is 19.1 Å². The molecule has 1 aromatic rings. The number of carbonyl (C=O) groups excluding carboxylic acids is 1. The van der Waals surface area contributed by atoms with Gasteiger partial charge >= 0.3 is 12.0 Å². The van der Waals surface area contributed by atoms with Crippen molar-refractivity contribution in [2.45, 2.75) is 31.7 Å². The number of carbonyl (C=O) groups is 2. The van der Waals surface area contributed by atoms with Gasteiger partial charge in [0.1, 0.15) is 5.82 Å². The summed E-state index contributed by atoms with van der Waals surface area (Å²) in [5.41, 5.74) is 0.552. The summed E-state index contributed by atoms with van der Waals surface area (Å²) < 4.78 is 12.9. The second-order valence-corrected chi connectivity index (χ2v) is 5.32. The molecule has 2 rings (SSSR count). The Hall–Kier alpha value is -2.11. The minimum atomic E-state index is -0.871. The molecule has 6 heteroatoms. The molecule has 2 unspecified atom stereocenters. The molecule has 0 aliphatic heterocycles. The Balaban J connectivity index is 2.02. The lowest BCUT2D eigenvalue weighted by molar-refractivity contribution is -0.143. The number of halogens is 1. The van der Waals surface area contributed by atoms with Crippen LogP contribution in [0.15, 0.2) is 24.3 Å². The highest BCUT2D eigenvalue weighted by molar-refractivity contribution is 5.91. The predicted octanol–water partition coefficient (Wildman–Crippen LogP) is 2.61.